The minimum atomic E-state index is -1.15. The molecule has 0 fully saturated rings. The Balaban J connectivity index is 2.36. The highest BCUT2D eigenvalue weighted by molar-refractivity contribution is 9.10. The number of methoxy groups -OCH3 is 1. The van der Waals surface area contributed by atoms with Gasteiger partial charge in [-0.3, -0.25) is 4.79 Å². The zero-order valence-corrected chi connectivity index (χ0v) is 12.5. The molecular formula is C14H11BrN2O4. The van der Waals surface area contributed by atoms with Crippen molar-refractivity contribution < 1.29 is 19.4 Å². The summed E-state index contributed by atoms with van der Waals surface area (Å²) in [6.07, 6.45) is 1.48. The number of anilines is 1. The Bertz CT molecular complexity index is 703. The second-order valence-electron chi connectivity index (χ2n) is 4.00. The quantitative estimate of drug-likeness (QED) is 0.884. The molecule has 1 heterocycles. The average molecular weight is 351 g/mol. The summed E-state index contributed by atoms with van der Waals surface area (Å²) in [5.74, 6) is -1.22. The third-order valence-electron chi connectivity index (χ3n) is 2.68. The molecule has 0 aliphatic carbocycles. The van der Waals surface area contributed by atoms with Gasteiger partial charge in [-0.25, -0.2) is 9.78 Å². The van der Waals surface area contributed by atoms with E-state index in [1.165, 1.54) is 31.5 Å². The maximum Gasteiger partial charge on any atom is 0.337 e. The normalized spacial score (nSPS) is 10.0. The summed E-state index contributed by atoms with van der Waals surface area (Å²) in [7, 11) is 1.46. The van der Waals surface area contributed by atoms with E-state index in [1.807, 2.05) is 0 Å². The first-order chi connectivity index (χ1) is 10.0. The molecule has 7 heteroatoms. The van der Waals surface area contributed by atoms with Gasteiger partial charge in [0.2, 0.25) is 0 Å². The Morgan fingerprint density at radius 1 is 1.33 bits per heavy atom. The number of hydrogen-bond acceptors (Lipinski definition) is 4. The first-order valence-corrected chi connectivity index (χ1v) is 6.65. The smallest absolute Gasteiger partial charge is 0.337 e. The zero-order chi connectivity index (χ0) is 15.4. The molecule has 0 aliphatic heterocycles. The number of carbonyl (C=O) groups is 2. The number of aromatic nitrogens is 1. The monoisotopic (exact) mass is 350 g/mol. The van der Waals surface area contributed by atoms with Gasteiger partial charge >= 0.3 is 5.97 Å². The molecule has 2 N–H and O–H groups in total. The number of nitrogens with one attached hydrogen (secondary N) is 1. The number of rotatable bonds is 4. The molecule has 0 spiro atoms. The summed E-state index contributed by atoms with van der Waals surface area (Å²) >= 11 is 3.22. The first kappa shape index (κ1) is 15.0. The molecule has 0 radical (unpaired) electrons. The number of pyridine rings is 1. The van der Waals surface area contributed by atoms with Crippen LogP contribution in [0.1, 0.15) is 20.8 Å². The van der Waals surface area contributed by atoms with E-state index in [4.69, 9.17) is 9.84 Å². The Labute approximate surface area is 128 Å². The number of carboxylic acid groups (broad SMARTS) is 1. The second kappa shape index (κ2) is 6.36. The number of carboxylic acids is 1. The summed E-state index contributed by atoms with van der Waals surface area (Å²) in [6.45, 7) is 0. The van der Waals surface area contributed by atoms with E-state index in [0.717, 1.165) is 0 Å². The van der Waals surface area contributed by atoms with Crippen LogP contribution >= 0.6 is 15.9 Å². The third kappa shape index (κ3) is 3.38. The fourth-order valence-corrected chi connectivity index (χ4v) is 2.11. The number of aromatic carboxylic acids is 1. The van der Waals surface area contributed by atoms with Crippen molar-refractivity contribution in [3.8, 4) is 5.75 Å². The van der Waals surface area contributed by atoms with Crippen LogP contribution in [0.25, 0.3) is 0 Å². The predicted octanol–water partition coefficient (Wildman–Crippen LogP) is 2.80. The van der Waals surface area contributed by atoms with Crippen molar-refractivity contribution >= 4 is 33.5 Å². The number of nitrogens with zero attached hydrogens (tertiary/aromatic N) is 1. The molecule has 21 heavy (non-hydrogen) atoms. The molecule has 6 nitrogen and oxygen atoms in total. The zero-order valence-electron chi connectivity index (χ0n) is 11.0. The van der Waals surface area contributed by atoms with Crippen molar-refractivity contribution in [3.05, 3.63) is 52.3 Å². The van der Waals surface area contributed by atoms with Crippen LogP contribution in [0.5, 0.6) is 5.75 Å². The second-order valence-corrected chi connectivity index (χ2v) is 4.86. The van der Waals surface area contributed by atoms with Crippen LogP contribution in [0, 0.1) is 0 Å². The van der Waals surface area contributed by atoms with Crippen molar-refractivity contribution in [3.63, 3.8) is 0 Å². The van der Waals surface area contributed by atoms with E-state index in [-0.39, 0.29) is 16.9 Å². The summed E-state index contributed by atoms with van der Waals surface area (Å²) < 4.78 is 5.55. The van der Waals surface area contributed by atoms with Gasteiger partial charge in [-0.1, -0.05) is 0 Å². The minimum absolute atomic E-state index is 0.0313. The Hall–Kier alpha value is -2.41. The third-order valence-corrected chi connectivity index (χ3v) is 3.32. The molecule has 0 bridgehead atoms. The van der Waals surface area contributed by atoms with Crippen molar-refractivity contribution in [2.75, 3.05) is 12.4 Å². The highest BCUT2D eigenvalue weighted by atomic mass is 79.9. The van der Waals surface area contributed by atoms with Crippen LogP contribution in [0.4, 0.5) is 5.69 Å². The van der Waals surface area contributed by atoms with Gasteiger partial charge in [0, 0.05) is 16.7 Å². The molecule has 0 saturated carbocycles. The number of carbonyl (C=O) groups excluding carboxylic acids is 1. The molecule has 2 aromatic rings. The van der Waals surface area contributed by atoms with Crippen molar-refractivity contribution in [1.29, 1.82) is 0 Å². The Morgan fingerprint density at radius 3 is 2.71 bits per heavy atom. The SMILES string of the molecule is COc1ccc(C(=O)O)c(NC(=O)c2ncccc2Br)c1. The summed E-state index contributed by atoms with van der Waals surface area (Å²) in [5, 5.41) is 11.7. The van der Waals surface area contributed by atoms with Crippen LogP contribution < -0.4 is 10.1 Å². The van der Waals surface area contributed by atoms with Gasteiger partial charge in [0.1, 0.15) is 11.4 Å². The topological polar surface area (TPSA) is 88.5 Å². The largest absolute Gasteiger partial charge is 0.497 e. The molecule has 108 valence electrons. The molecule has 2 rings (SSSR count). The molecular weight excluding hydrogens is 340 g/mol. The maximum absolute atomic E-state index is 12.2. The highest BCUT2D eigenvalue weighted by Gasteiger charge is 2.16. The van der Waals surface area contributed by atoms with Crippen LogP contribution in [0.15, 0.2) is 41.0 Å². The van der Waals surface area contributed by atoms with Gasteiger partial charge < -0.3 is 15.2 Å². The first-order valence-electron chi connectivity index (χ1n) is 5.86. The summed E-state index contributed by atoms with van der Waals surface area (Å²) in [4.78, 5) is 27.3. The van der Waals surface area contributed by atoms with Gasteiger partial charge in [0.25, 0.3) is 5.91 Å². The van der Waals surface area contributed by atoms with Crippen LogP contribution in [0.2, 0.25) is 0 Å². The van der Waals surface area contributed by atoms with E-state index in [0.29, 0.717) is 10.2 Å². The van der Waals surface area contributed by atoms with Crippen LogP contribution in [0.3, 0.4) is 0 Å². The minimum Gasteiger partial charge on any atom is -0.497 e. The van der Waals surface area contributed by atoms with Crippen LogP contribution in [-0.4, -0.2) is 29.1 Å². The van der Waals surface area contributed by atoms with Gasteiger partial charge in [-0.2, -0.15) is 0 Å². The lowest BCUT2D eigenvalue weighted by Gasteiger charge is -2.10. The van der Waals surface area contributed by atoms with Gasteiger partial charge in [0.15, 0.2) is 0 Å². The van der Waals surface area contributed by atoms with Crippen molar-refractivity contribution in [1.82, 2.24) is 4.98 Å². The fourth-order valence-electron chi connectivity index (χ4n) is 1.67. The predicted molar refractivity (Wildman–Crippen MR) is 79.8 cm³/mol. The van der Waals surface area contributed by atoms with Crippen LogP contribution in [-0.2, 0) is 0 Å². The standard InChI is InChI=1S/C14H11BrN2O4/c1-21-8-4-5-9(14(19)20)11(7-8)17-13(18)12-10(15)3-2-6-16-12/h2-7H,1H3,(H,17,18)(H,19,20). The lowest BCUT2D eigenvalue weighted by atomic mass is 10.1. The molecule has 1 amide bonds. The molecule has 0 saturated heterocycles. The van der Waals surface area contributed by atoms with E-state index in [9.17, 15) is 9.59 Å². The molecule has 0 aliphatic rings. The number of halogens is 1. The number of hydrogen-bond donors (Lipinski definition) is 2. The summed E-state index contributed by atoms with van der Waals surface area (Å²) in [6, 6.07) is 7.67. The van der Waals surface area contributed by atoms with Crippen molar-refractivity contribution in [2.24, 2.45) is 0 Å². The van der Waals surface area contributed by atoms with Gasteiger partial charge in [-0.05, 0) is 40.2 Å². The number of benzene rings is 1. The fraction of sp³-hybridized carbons (Fsp3) is 0.0714. The Kier molecular flexibility index (Phi) is 4.54. The van der Waals surface area contributed by atoms with E-state index < -0.39 is 11.9 Å². The van der Waals surface area contributed by atoms with Gasteiger partial charge in [0.05, 0.1) is 18.4 Å². The lowest BCUT2D eigenvalue weighted by Crippen LogP contribution is -2.16. The Morgan fingerprint density at radius 2 is 2.10 bits per heavy atom. The summed E-state index contributed by atoms with van der Waals surface area (Å²) in [5.41, 5.74) is 0.275. The molecule has 1 aromatic carbocycles. The van der Waals surface area contributed by atoms with Crippen molar-refractivity contribution in [2.45, 2.75) is 0 Å². The number of ether oxygens (including phenoxy) is 1. The lowest BCUT2D eigenvalue weighted by molar-refractivity contribution is 0.0698. The average Bonchev–Trinajstić information content (AvgIpc) is 2.47. The molecule has 1 aromatic heterocycles. The van der Waals surface area contributed by atoms with Gasteiger partial charge in [-0.15, -0.1) is 0 Å². The van der Waals surface area contributed by atoms with E-state index >= 15 is 0 Å². The maximum atomic E-state index is 12.2. The number of amides is 1. The molecule has 0 atom stereocenters. The highest BCUT2D eigenvalue weighted by Crippen LogP contribution is 2.24. The van der Waals surface area contributed by atoms with E-state index in [2.05, 4.69) is 26.2 Å². The van der Waals surface area contributed by atoms with E-state index in [1.54, 1.807) is 12.1 Å². The molecule has 0 unspecified atom stereocenters.